The molecule has 0 spiro atoms. The van der Waals surface area contributed by atoms with Crippen LogP contribution >= 0.6 is 11.3 Å². The zero-order chi connectivity index (χ0) is 18.2. The van der Waals surface area contributed by atoms with Crippen LogP contribution in [0.25, 0.3) is 11.3 Å². The monoisotopic (exact) mass is 371 g/mol. The largest absolute Gasteiger partial charge is 0.357 e. The number of amides is 1. The number of nitrogens with zero attached hydrogens (tertiary/aromatic N) is 3. The fourth-order valence-corrected chi connectivity index (χ4v) is 3.59. The molecule has 0 unspecified atom stereocenters. The van der Waals surface area contributed by atoms with E-state index in [1.165, 1.54) is 0 Å². The molecule has 1 aromatic heterocycles. The second-order valence-electron chi connectivity index (χ2n) is 6.13. The van der Waals surface area contributed by atoms with E-state index in [0.717, 1.165) is 48.7 Å². The number of carbonyl (C=O) groups is 1. The topological polar surface area (TPSA) is 69.6 Å². The van der Waals surface area contributed by atoms with Gasteiger partial charge in [0.1, 0.15) is 11.6 Å². The maximum Gasteiger partial charge on any atom is 0.244 e. The molecule has 138 valence electrons. The second kappa shape index (κ2) is 9.33. The number of benzene rings is 1. The molecular formula is C19H25N5OS. The minimum absolute atomic E-state index is 0.0975. The Morgan fingerprint density at radius 2 is 2.00 bits per heavy atom. The van der Waals surface area contributed by atoms with Crippen molar-refractivity contribution in [3.8, 4) is 11.3 Å². The molecule has 3 rings (SSSR count). The normalized spacial score (nSPS) is 14.5. The van der Waals surface area contributed by atoms with E-state index >= 15 is 0 Å². The summed E-state index contributed by atoms with van der Waals surface area (Å²) >= 11 is 1.62. The Morgan fingerprint density at radius 3 is 2.73 bits per heavy atom. The van der Waals surface area contributed by atoms with Gasteiger partial charge in [0.25, 0.3) is 0 Å². The first kappa shape index (κ1) is 18.4. The molecule has 26 heavy (non-hydrogen) atoms. The van der Waals surface area contributed by atoms with E-state index in [-0.39, 0.29) is 12.5 Å². The van der Waals surface area contributed by atoms with Crippen LogP contribution in [0.5, 0.6) is 0 Å². The van der Waals surface area contributed by atoms with Crippen molar-refractivity contribution in [1.82, 2.24) is 20.5 Å². The Bertz CT molecular complexity index is 737. The Labute approximate surface area is 158 Å². The molecule has 2 heterocycles. The van der Waals surface area contributed by atoms with Gasteiger partial charge in [-0.15, -0.1) is 11.3 Å². The SMILES string of the molecule is CCNC(=NCC(=O)N1CCCC1)NCc1nc(-c2ccccc2)cs1. The second-order valence-corrected chi connectivity index (χ2v) is 7.07. The van der Waals surface area contributed by atoms with E-state index in [9.17, 15) is 4.79 Å². The number of nitrogens with one attached hydrogen (secondary N) is 2. The lowest BCUT2D eigenvalue weighted by atomic mass is 10.2. The third-order valence-corrected chi connectivity index (χ3v) is 5.05. The molecule has 2 N–H and O–H groups in total. The molecule has 1 fully saturated rings. The Kier molecular flexibility index (Phi) is 6.60. The molecule has 0 atom stereocenters. The van der Waals surface area contributed by atoms with Crippen molar-refractivity contribution < 1.29 is 4.79 Å². The third kappa shape index (κ3) is 5.05. The van der Waals surface area contributed by atoms with Crippen LogP contribution in [0.1, 0.15) is 24.8 Å². The molecular weight excluding hydrogens is 346 g/mol. The molecule has 1 aliphatic heterocycles. The van der Waals surface area contributed by atoms with Gasteiger partial charge in [0.05, 0.1) is 12.2 Å². The highest BCUT2D eigenvalue weighted by Gasteiger charge is 2.17. The molecule has 2 aromatic rings. The zero-order valence-electron chi connectivity index (χ0n) is 15.1. The van der Waals surface area contributed by atoms with Crippen molar-refractivity contribution in [3.05, 3.63) is 40.7 Å². The van der Waals surface area contributed by atoms with Crippen LogP contribution in [0.3, 0.4) is 0 Å². The van der Waals surface area contributed by atoms with E-state index in [0.29, 0.717) is 12.5 Å². The summed E-state index contributed by atoms with van der Waals surface area (Å²) in [6.45, 7) is 5.25. The molecule has 0 aliphatic carbocycles. The average molecular weight is 372 g/mol. The lowest BCUT2D eigenvalue weighted by molar-refractivity contribution is -0.128. The molecule has 1 saturated heterocycles. The Balaban J connectivity index is 1.55. The lowest BCUT2D eigenvalue weighted by Gasteiger charge is -2.14. The van der Waals surface area contributed by atoms with E-state index in [2.05, 4.69) is 38.1 Å². The van der Waals surface area contributed by atoms with Crippen molar-refractivity contribution in [2.75, 3.05) is 26.2 Å². The van der Waals surface area contributed by atoms with E-state index < -0.39 is 0 Å². The van der Waals surface area contributed by atoms with E-state index in [1.807, 2.05) is 30.0 Å². The van der Waals surface area contributed by atoms with Gasteiger partial charge >= 0.3 is 0 Å². The van der Waals surface area contributed by atoms with Crippen molar-refractivity contribution in [3.63, 3.8) is 0 Å². The maximum absolute atomic E-state index is 12.1. The highest BCUT2D eigenvalue weighted by atomic mass is 32.1. The van der Waals surface area contributed by atoms with E-state index in [4.69, 9.17) is 0 Å². The molecule has 0 bridgehead atoms. The summed E-state index contributed by atoms with van der Waals surface area (Å²) in [6.07, 6.45) is 2.20. The van der Waals surface area contributed by atoms with Gasteiger partial charge < -0.3 is 15.5 Å². The Morgan fingerprint density at radius 1 is 1.23 bits per heavy atom. The van der Waals surface area contributed by atoms with Crippen molar-refractivity contribution in [2.24, 2.45) is 4.99 Å². The minimum Gasteiger partial charge on any atom is -0.357 e. The molecule has 7 heteroatoms. The van der Waals surface area contributed by atoms with Crippen molar-refractivity contribution in [1.29, 1.82) is 0 Å². The highest BCUT2D eigenvalue weighted by Crippen LogP contribution is 2.21. The summed E-state index contributed by atoms with van der Waals surface area (Å²) in [5.41, 5.74) is 2.10. The van der Waals surface area contributed by atoms with Gasteiger partial charge in [0, 0.05) is 30.6 Å². The van der Waals surface area contributed by atoms with Gasteiger partial charge in [-0.1, -0.05) is 30.3 Å². The third-order valence-electron chi connectivity index (χ3n) is 4.20. The number of aromatic nitrogens is 1. The summed E-state index contributed by atoms with van der Waals surface area (Å²) in [7, 11) is 0. The maximum atomic E-state index is 12.1. The molecule has 0 saturated carbocycles. The number of rotatable bonds is 6. The number of hydrogen-bond acceptors (Lipinski definition) is 4. The number of guanidine groups is 1. The first-order valence-corrected chi connectivity index (χ1v) is 9.94. The zero-order valence-corrected chi connectivity index (χ0v) is 15.9. The highest BCUT2D eigenvalue weighted by molar-refractivity contribution is 7.09. The summed E-state index contributed by atoms with van der Waals surface area (Å²) in [4.78, 5) is 23.1. The van der Waals surface area contributed by atoms with Gasteiger partial charge in [0.2, 0.25) is 5.91 Å². The predicted molar refractivity (Wildman–Crippen MR) is 106 cm³/mol. The van der Waals surface area contributed by atoms with Crippen LogP contribution in [0.15, 0.2) is 40.7 Å². The fraction of sp³-hybridized carbons (Fsp3) is 0.421. The fourth-order valence-electron chi connectivity index (χ4n) is 2.85. The average Bonchev–Trinajstić information content (AvgIpc) is 3.36. The summed E-state index contributed by atoms with van der Waals surface area (Å²) in [5, 5.41) is 9.50. The summed E-state index contributed by atoms with van der Waals surface area (Å²) < 4.78 is 0. The van der Waals surface area contributed by atoms with Gasteiger partial charge in [-0.05, 0) is 19.8 Å². The van der Waals surface area contributed by atoms with Crippen LogP contribution < -0.4 is 10.6 Å². The standard InChI is InChI=1S/C19H25N5OS/c1-2-20-19(22-13-18(25)24-10-6-7-11-24)21-12-17-23-16(14-26-17)15-8-4-3-5-9-15/h3-5,8-9,14H,2,6-7,10-13H2,1H3,(H2,20,21,22). The van der Waals surface area contributed by atoms with Crippen LogP contribution in [-0.2, 0) is 11.3 Å². The van der Waals surface area contributed by atoms with E-state index in [1.54, 1.807) is 11.3 Å². The van der Waals surface area contributed by atoms with Crippen LogP contribution in [-0.4, -0.2) is 47.9 Å². The molecule has 6 nitrogen and oxygen atoms in total. The minimum atomic E-state index is 0.0975. The number of hydrogen-bond donors (Lipinski definition) is 2. The number of thiazole rings is 1. The quantitative estimate of drug-likeness (QED) is 0.605. The molecule has 1 aromatic carbocycles. The Hall–Kier alpha value is -2.41. The number of carbonyl (C=O) groups excluding carboxylic acids is 1. The molecule has 1 amide bonds. The van der Waals surface area contributed by atoms with Crippen LogP contribution in [0.2, 0.25) is 0 Å². The smallest absolute Gasteiger partial charge is 0.244 e. The van der Waals surface area contributed by atoms with Crippen molar-refractivity contribution >= 4 is 23.2 Å². The predicted octanol–water partition coefficient (Wildman–Crippen LogP) is 2.49. The first-order valence-electron chi connectivity index (χ1n) is 9.06. The lowest BCUT2D eigenvalue weighted by Crippen LogP contribution is -2.38. The summed E-state index contributed by atoms with van der Waals surface area (Å²) in [5.74, 6) is 0.747. The number of aliphatic imine (C=N–C) groups is 1. The van der Waals surface area contributed by atoms with Gasteiger partial charge in [-0.3, -0.25) is 4.79 Å². The summed E-state index contributed by atoms with van der Waals surface area (Å²) in [6, 6.07) is 10.1. The van der Waals surface area contributed by atoms with Crippen LogP contribution in [0.4, 0.5) is 0 Å². The van der Waals surface area contributed by atoms with Crippen LogP contribution in [0, 0.1) is 0 Å². The van der Waals surface area contributed by atoms with Gasteiger partial charge in [-0.2, -0.15) is 0 Å². The molecule has 0 radical (unpaired) electrons. The first-order chi connectivity index (χ1) is 12.8. The molecule has 1 aliphatic rings. The van der Waals surface area contributed by atoms with Crippen molar-refractivity contribution in [2.45, 2.75) is 26.3 Å². The number of likely N-dealkylation sites (tertiary alicyclic amines) is 1. The van der Waals surface area contributed by atoms with Gasteiger partial charge in [-0.25, -0.2) is 9.98 Å². The van der Waals surface area contributed by atoms with Gasteiger partial charge in [0.15, 0.2) is 5.96 Å².